The summed E-state index contributed by atoms with van der Waals surface area (Å²) in [5, 5.41) is 0. The fourth-order valence-electron chi connectivity index (χ4n) is 3.91. The van der Waals surface area contributed by atoms with Gasteiger partial charge in [0.2, 0.25) is 0 Å². The van der Waals surface area contributed by atoms with E-state index in [-0.39, 0.29) is 23.7 Å². The molecule has 2 aromatic rings. The van der Waals surface area contributed by atoms with Crippen LogP contribution in [-0.2, 0) is 20.7 Å². The van der Waals surface area contributed by atoms with Gasteiger partial charge in [-0.2, -0.15) is 0 Å². The van der Waals surface area contributed by atoms with E-state index in [9.17, 15) is 14.0 Å². The lowest BCUT2D eigenvalue weighted by Crippen LogP contribution is -2.45. The second-order valence-corrected chi connectivity index (χ2v) is 6.89. The zero-order valence-electron chi connectivity index (χ0n) is 14.3. The number of carbonyl (C=O) groups excluding carboxylic acids is 2. The van der Waals surface area contributed by atoms with Gasteiger partial charge in [-0.25, -0.2) is 4.39 Å². The van der Waals surface area contributed by atoms with E-state index in [1.807, 2.05) is 23.1 Å². The quantitative estimate of drug-likeness (QED) is 0.797. The highest BCUT2D eigenvalue weighted by atomic mass is 19.1. The van der Waals surface area contributed by atoms with Gasteiger partial charge in [-0.15, -0.1) is 0 Å². The van der Waals surface area contributed by atoms with Crippen LogP contribution in [0.3, 0.4) is 0 Å². The number of carbonyl (C=O) groups is 2. The van der Waals surface area contributed by atoms with E-state index in [4.69, 9.17) is 4.74 Å². The number of nitrogens with zero attached hydrogens (tertiary/aromatic N) is 1. The average molecular weight is 353 g/mol. The molecule has 4 nitrogen and oxygen atoms in total. The molecule has 134 valence electrons. The van der Waals surface area contributed by atoms with E-state index in [0.717, 1.165) is 23.8 Å². The van der Waals surface area contributed by atoms with Gasteiger partial charge in [-0.1, -0.05) is 36.4 Å². The van der Waals surface area contributed by atoms with E-state index in [1.54, 1.807) is 12.1 Å². The van der Waals surface area contributed by atoms with Crippen molar-refractivity contribution in [1.29, 1.82) is 0 Å². The molecule has 0 aliphatic carbocycles. The van der Waals surface area contributed by atoms with Gasteiger partial charge in [0.15, 0.2) is 0 Å². The lowest BCUT2D eigenvalue weighted by Gasteiger charge is -2.39. The largest absolute Gasteiger partial charge is 0.368 e. The first kappa shape index (κ1) is 16.9. The molecule has 4 rings (SSSR count). The normalized spacial score (nSPS) is 25.0. The maximum atomic E-state index is 13.4. The Morgan fingerprint density at radius 3 is 2.65 bits per heavy atom. The minimum atomic E-state index is -0.585. The van der Waals surface area contributed by atoms with Crippen LogP contribution in [0.5, 0.6) is 0 Å². The Balaban J connectivity index is 1.70. The van der Waals surface area contributed by atoms with Gasteiger partial charge in [-0.05, 0) is 41.7 Å². The number of hydrogen-bond donors (Lipinski definition) is 0. The summed E-state index contributed by atoms with van der Waals surface area (Å²) in [5.74, 6) is -0.618. The van der Waals surface area contributed by atoms with Crippen molar-refractivity contribution in [1.82, 2.24) is 4.90 Å². The summed E-state index contributed by atoms with van der Waals surface area (Å²) >= 11 is 0. The van der Waals surface area contributed by atoms with Crippen molar-refractivity contribution in [2.45, 2.75) is 25.0 Å². The van der Waals surface area contributed by atoms with E-state index in [2.05, 4.69) is 6.07 Å². The predicted molar refractivity (Wildman–Crippen MR) is 94.0 cm³/mol. The summed E-state index contributed by atoms with van der Waals surface area (Å²) in [5.41, 5.74) is 3.13. The number of halogens is 1. The molecular weight excluding hydrogens is 333 g/mol. The van der Waals surface area contributed by atoms with Crippen molar-refractivity contribution in [2.24, 2.45) is 5.92 Å². The highest BCUT2D eigenvalue weighted by Crippen LogP contribution is 2.36. The first-order valence-corrected chi connectivity index (χ1v) is 8.88. The second kappa shape index (κ2) is 7.00. The van der Waals surface area contributed by atoms with Gasteiger partial charge in [0.25, 0.3) is 5.91 Å². The molecule has 2 aliphatic rings. The number of rotatable bonds is 3. The van der Waals surface area contributed by atoms with Crippen LogP contribution in [0.4, 0.5) is 4.39 Å². The lowest BCUT2D eigenvalue weighted by atomic mass is 9.87. The molecule has 0 radical (unpaired) electrons. The van der Waals surface area contributed by atoms with Crippen LogP contribution in [-0.4, -0.2) is 36.3 Å². The molecule has 1 saturated heterocycles. The summed E-state index contributed by atoms with van der Waals surface area (Å²) < 4.78 is 19.0. The van der Waals surface area contributed by atoms with Gasteiger partial charge in [0.1, 0.15) is 18.2 Å². The lowest BCUT2D eigenvalue weighted by molar-refractivity contribution is -0.143. The van der Waals surface area contributed by atoms with Crippen molar-refractivity contribution >= 4 is 12.2 Å². The second-order valence-electron chi connectivity index (χ2n) is 6.89. The van der Waals surface area contributed by atoms with Crippen LogP contribution in [0.15, 0.2) is 48.5 Å². The molecule has 0 N–H and O–H groups in total. The minimum Gasteiger partial charge on any atom is -0.368 e. The minimum absolute atomic E-state index is 0.0989. The van der Waals surface area contributed by atoms with E-state index in [1.165, 1.54) is 17.7 Å². The molecule has 1 fully saturated rings. The number of fused-ring (bicyclic) bond motifs is 1. The van der Waals surface area contributed by atoms with Crippen molar-refractivity contribution < 1.29 is 18.7 Å². The highest BCUT2D eigenvalue weighted by molar-refractivity contribution is 5.83. The van der Waals surface area contributed by atoms with E-state index >= 15 is 0 Å². The number of hydrogen-bond acceptors (Lipinski definition) is 3. The Bertz CT molecular complexity index is 820. The summed E-state index contributed by atoms with van der Waals surface area (Å²) in [6, 6.07) is 14.1. The van der Waals surface area contributed by atoms with Crippen LogP contribution in [0, 0.1) is 11.7 Å². The van der Waals surface area contributed by atoms with E-state index in [0.29, 0.717) is 19.6 Å². The number of ether oxygens (including phenoxy) is 1. The number of aldehydes is 1. The third-order valence-electron chi connectivity index (χ3n) is 5.25. The Kier molecular flexibility index (Phi) is 4.55. The number of benzene rings is 2. The molecule has 0 bridgehead atoms. The molecule has 0 aromatic heterocycles. The molecule has 0 saturated carbocycles. The Morgan fingerprint density at radius 2 is 1.92 bits per heavy atom. The average Bonchev–Trinajstić information content (AvgIpc) is 3.16. The standard InChI is InChI=1S/C21H20FNO3/c22-17-7-5-16(6-8-17)20-18-4-2-1-3-15(18)9-10-23(20)21(25)19-11-14(12-24)13-26-19/h1-8,12,14,19-20H,9-11,13H2/t14?,19-,20-/m0/s1. The smallest absolute Gasteiger partial charge is 0.252 e. The van der Waals surface area contributed by atoms with Crippen molar-refractivity contribution in [2.75, 3.05) is 13.2 Å². The monoisotopic (exact) mass is 353 g/mol. The molecule has 26 heavy (non-hydrogen) atoms. The molecule has 1 unspecified atom stereocenters. The summed E-state index contributed by atoms with van der Waals surface area (Å²) in [7, 11) is 0. The van der Waals surface area contributed by atoms with Crippen molar-refractivity contribution in [3.8, 4) is 0 Å². The SMILES string of the molecule is O=CC1CO[C@H](C(=O)N2CCc3ccccc3[C@@H]2c2ccc(F)cc2)C1. The molecular formula is C21H20FNO3. The third-order valence-corrected chi connectivity index (χ3v) is 5.25. The topological polar surface area (TPSA) is 46.6 Å². The van der Waals surface area contributed by atoms with Gasteiger partial charge in [0.05, 0.1) is 12.6 Å². The van der Waals surface area contributed by atoms with Gasteiger partial charge in [0, 0.05) is 12.5 Å². The van der Waals surface area contributed by atoms with Crippen molar-refractivity contribution in [3.63, 3.8) is 0 Å². The Hall–Kier alpha value is -2.53. The van der Waals surface area contributed by atoms with Crippen LogP contribution < -0.4 is 0 Å². The van der Waals surface area contributed by atoms with Crippen LogP contribution in [0.2, 0.25) is 0 Å². The zero-order chi connectivity index (χ0) is 18.1. The van der Waals surface area contributed by atoms with E-state index < -0.39 is 6.10 Å². The molecule has 2 heterocycles. The Labute approximate surface area is 151 Å². The van der Waals surface area contributed by atoms with Crippen molar-refractivity contribution in [3.05, 3.63) is 71.0 Å². The molecule has 3 atom stereocenters. The van der Waals surface area contributed by atoms with Crippen LogP contribution >= 0.6 is 0 Å². The van der Waals surface area contributed by atoms with Gasteiger partial charge in [-0.3, -0.25) is 4.79 Å². The summed E-state index contributed by atoms with van der Waals surface area (Å²) in [6.07, 6.45) is 1.47. The molecule has 1 amide bonds. The number of amides is 1. The molecule has 2 aromatic carbocycles. The highest BCUT2D eigenvalue weighted by Gasteiger charge is 2.39. The molecule has 2 aliphatic heterocycles. The molecule has 0 spiro atoms. The predicted octanol–water partition coefficient (Wildman–Crippen LogP) is 2.90. The van der Waals surface area contributed by atoms with Crippen LogP contribution in [0.25, 0.3) is 0 Å². The fourth-order valence-corrected chi connectivity index (χ4v) is 3.91. The third kappa shape index (κ3) is 3.03. The van der Waals surface area contributed by atoms with Gasteiger partial charge < -0.3 is 14.4 Å². The van der Waals surface area contributed by atoms with Crippen LogP contribution in [0.1, 0.15) is 29.2 Å². The van der Waals surface area contributed by atoms with Gasteiger partial charge >= 0.3 is 0 Å². The first-order valence-electron chi connectivity index (χ1n) is 8.88. The zero-order valence-corrected chi connectivity index (χ0v) is 14.3. The maximum Gasteiger partial charge on any atom is 0.252 e. The first-order chi connectivity index (χ1) is 12.7. The fraction of sp³-hybridized carbons (Fsp3) is 0.333. The summed E-state index contributed by atoms with van der Waals surface area (Å²) in [6.45, 7) is 0.870. The molecule has 5 heteroatoms. The Morgan fingerprint density at radius 1 is 1.15 bits per heavy atom. The summed E-state index contributed by atoms with van der Waals surface area (Å²) in [4.78, 5) is 25.9. The maximum absolute atomic E-state index is 13.4.